The van der Waals surface area contributed by atoms with E-state index in [1.807, 2.05) is 6.26 Å². The topological polar surface area (TPSA) is 59.2 Å². The lowest BCUT2D eigenvalue weighted by atomic mass is 10.1. The maximum atomic E-state index is 9.63. The molecule has 0 aliphatic carbocycles. The molecule has 1 fully saturated rings. The molecular weight excluding hydrogens is 220 g/mol. The molecule has 2 atom stereocenters. The number of aromatic nitrogens is 2. The third-order valence-corrected chi connectivity index (χ3v) is 3.84. The lowest BCUT2D eigenvalue weighted by Crippen LogP contribution is -2.15. The molecule has 0 bridgehead atoms. The van der Waals surface area contributed by atoms with Crippen LogP contribution in [0.5, 0.6) is 0 Å². The molecule has 0 saturated carbocycles. The van der Waals surface area contributed by atoms with E-state index in [0.29, 0.717) is 5.89 Å². The van der Waals surface area contributed by atoms with Gasteiger partial charge in [-0.2, -0.15) is 28.5 Å². The Bertz CT molecular complexity index is 305. The molecule has 14 heavy (non-hydrogen) atoms. The van der Waals surface area contributed by atoms with E-state index in [1.165, 1.54) is 0 Å². The van der Waals surface area contributed by atoms with Crippen LogP contribution in [0.15, 0.2) is 4.52 Å². The van der Waals surface area contributed by atoms with Gasteiger partial charge in [-0.25, -0.2) is 0 Å². The molecule has 6 heteroatoms. The molecule has 0 aromatic carbocycles. The summed E-state index contributed by atoms with van der Waals surface area (Å²) in [5.74, 6) is 3.75. The number of hydrogen-bond donors (Lipinski definition) is 1. The van der Waals surface area contributed by atoms with Gasteiger partial charge in [0.25, 0.3) is 0 Å². The molecule has 0 spiro atoms. The SMILES string of the molecule is CSCc1noc(C2CSCC2O)n1. The number of aliphatic hydroxyl groups excluding tert-OH is 1. The third-order valence-electron chi connectivity index (χ3n) is 2.12. The second-order valence-corrected chi connectivity index (χ2v) is 5.13. The van der Waals surface area contributed by atoms with Gasteiger partial charge in [0.2, 0.25) is 5.89 Å². The monoisotopic (exact) mass is 232 g/mol. The Morgan fingerprint density at radius 3 is 3.14 bits per heavy atom. The molecule has 78 valence electrons. The van der Waals surface area contributed by atoms with Crippen molar-refractivity contribution in [1.29, 1.82) is 0 Å². The first-order chi connectivity index (χ1) is 6.81. The van der Waals surface area contributed by atoms with Gasteiger partial charge < -0.3 is 9.63 Å². The summed E-state index contributed by atoms with van der Waals surface area (Å²) >= 11 is 3.38. The summed E-state index contributed by atoms with van der Waals surface area (Å²) in [6.07, 6.45) is 1.67. The molecule has 1 aliphatic heterocycles. The molecule has 2 rings (SSSR count). The molecule has 2 unspecified atom stereocenters. The standard InChI is InChI=1S/C8H12N2O2S2/c1-13-4-7-9-8(12-10-7)5-2-14-3-6(5)11/h5-6,11H,2-4H2,1H3. The number of hydrogen-bond acceptors (Lipinski definition) is 6. The summed E-state index contributed by atoms with van der Waals surface area (Å²) in [6.45, 7) is 0. The Morgan fingerprint density at radius 2 is 2.50 bits per heavy atom. The first-order valence-electron chi connectivity index (χ1n) is 4.38. The molecule has 1 N–H and O–H groups in total. The van der Waals surface area contributed by atoms with Gasteiger partial charge >= 0.3 is 0 Å². The van der Waals surface area contributed by atoms with E-state index in [4.69, 9.17) is 4.52 Å². The van der Waals surface area contributed by atoms with Crippen LogP contribution in [0.4, 0.5) is 0 Å². The summed E-state index contributed by atoms with van der Waals surface area (Å²) < 4.78 is 5.12. The van der Waals surface area contributed by atoms with Crippen LogP contribution in [0.3, 0.4) is 0 Å². The van der Waals surface area contributed by atoms with Crippen molar-refractivity contribution in [2.75, 3.05) is 17.8 Å². The van der Waals surface area contributed by atoms with Crippen molar-refractivity contribution in [2.24, 2.45) is 0 Å². The fraction of sp³-hybridized carbons (Fsp3) is 0.750. The second kappa shape index (κ2) is 4.55. The quantitative estimate of drug-likeness (QED) is 0.843. The zero-order valence-corrected chi connectivity index (χ0v) is 9.48. The van der Waals surface area contributed by atoms with E-state index in [2.05, 4.69) is 10.1 Å². The molecule has 0 amide bonds. The van der Waals surface area contributed by atoms with E-state index in [-0.39, 0.29) is 12.0 Å². The van der Waals surface area contributed by atoms with Gasteiger partial charge in [0.1, 0.15) is 0 Å². The van der Waals surface area contributed by atoms with Gasteiger partial charge in [-0.15, -0.1) is 0 Å². The average Bonchev–Trinajstić information content (AvgIpc) is 2.74. The van der Waals surface area contributed by atoms with Crippen molar-refractivity contribution in [3.05, 3.63) is 11.7 Å². The Balaban J connectivity index is 2.08. The fourth-order valence-electron chi connectivity index (χ4n) is 1.38. The lowest BCUT2D eigenvalue weighted by Gasteiger charge is -2.06. The zero-order chi connectivity index (χ0) is 9.97. The summed E-state index contributed by atoms with van der Waals surface area (Å²) in [6, 6.07) is 0. The number of thioether (sulfide) groups is 2. The van der Waals surface area contributed by atoms with Crippen molar-refractivity contribution >= 4 is 23.5 Å². The van der Waals surface area contributed by atoms with Gasteiger partial charge in [0, 0.05) is 11.5 Å². The summed E-state index contributed by atoms with van der Waals surface area (Å²) in [5, 5.41) is 13.5. The predicted octanol–water partition coefficient (Wildman–Crippen LogP) is 1.12. The molecule has 0 radical (unpaired) electrons. The number of aliphatic hydroxyl groups is 1. The minimum atomic E-state index is -0.331. The van der Waals surface area contributed by atoms with Crippen molar-refractivity contribution in [3.63, 3.8) is 0 Å². The van der Waals surface area contributed by atoms with Gasteiger partial charge in [0.15, 0.2) is 5.82 Å². The van der Waals surface area contributed by atoms with Crippen LogP contribution >= 0.6 is 23.5 Å². The van der Waals surface area contributed by atoms with Crippen LogP contribution in [0.1, 0.15) is 17.6 Å². The smallest absolute Gasteiger partial charge is 0.233 e. The fourth-order valence-corrected chi connectivity index (χ4v) is 2.99. The van der Waals surface area contributed by atoms with E-state index < -0.39 is 0 Å². The minimum absolute atomic E-state index is 0.0307. The highest BCUT2D eigenvalue weighted by atomic mass is 32.2. The number of rotatable bonds is 3. The van der Waals surface area contributed by atoms with E-state index in [0.717, 1.165) is 23.1 Å². The minimum Gasteiger partial charge on any atom is -0.391 e. The Morgan fingerprint density at radius 1 is 1.64 bits per heavy atom. The van der Waals surface area contributed by atoms with Gasteiger partial charge in [-0.3, -0.25) is 0 Å². The van der Waals surface area contributed by atoms with Crippen LogP contribution in [0, 0.1) is 0 Å². The Kier molecular flexibility index (Phi) is 3.35. The van der Waals surface area contributed by atoms with E-state index in [1.54, 1.807) is 23.5 Å². The van der Waals surface area contributed by atoms with Crippen molar-refractivity contribution in [3.8, 4) is 0 Å². The highest BCUT2D eigenvalue weighted by Gasteiger charge is 2.31. The molecule has 1 aromatic rings. The molecule has 1 saturated heterocycles. The van der Waals surface area contributed by atoms with Crippen LogP contribution in [-0.2, 0) is 5.75 Å². The van der Waals surface area contributed by atoms with Gasteiger partial charge in [-0.05, 0) is 6.26 Å². The van der Waals surface area contributed by atoms with Gasteiger partial charge in [0.05, 0.1) is 17.8 Å². The summed E-state index contributed by atoms with van der Waals surface area (Å²) in [5.41, 5.74) is 0. The molecular formula is C8H12N2O2S2. The van der Waals surface area contributed by atoms with E-state index >= 15 is 0 Å². The Hall–Kier alpha value is -0.200. The maximum Gasteiger partial charge on any atom is 0.233 e. The molecule has 2 heterocycles. The first-order valence-corrected chi connectivity index (χ1v) is 6.93. The van der Waals surface area contributed by atoms with Crippen molar-refractivity contribution in [2.45, 2.75) is 17.8 Å². The van der Waals surface area contributed by atoms with Crippen molar-refractivity contribution < 1.29 is 9.63 Å². The zero-order valence-electron chi connectivity index (χ0n) is 7.84. The Labute approximate surface area is 90.8 Å². The maximum absolute atomic E-state index is 9.63. The van der Waals surface area contributed by atoms with Crippen LogP contribution in [-0.4, -0.2) is 39.1 Å². The third kappa shape index (κ3) is 2.07. The number of nitrogens with zero attached hydrogens (tertiary/aromatic N) is 2. The normalized spacial score (nSPS) is 27.0. The van der Waals surface area contributed by atoms with Gasteiger partial charge in [-0.1, -0.05) is 5.16 Å². The average molecular weight is 232 g/mol. The van der Waals surface area contributed by atoms with E-state index in [9.17, 15) is 5.11 Å². The summed E-state index contributed by atoms with van der Waals surface area (Å²) in [7, 11) is 0. The highest BCUT2D eigenvalue weighted by Crippen LogP contribution is 2.31. The second-order valence-electron chi connectivity index (χ2n) is 3.19. The molecule has 4 nitrogen and oxygen atoms in total. The van der Waals surface area contributed by atoms with Crippen LogP contribution in [0.2, 0.25) is 0 Å². The predicted molar refractivity (Wildman–Crippen MR) is 57.6 cm³/mol. The lowest BCUT2D eigenvalue weighted by molar-refractivity contribution is 0.164. The largest absolute Gasteiger partial charge is 0.391 e. The van der Waals surface area contributed by atoms with Crippen LogP contribution < -0.4 is 0 Å². The molecule has 1 aliphatic rings. The first kappa shape index (κ1) is 10.3. The van der Waals surface area contributed by atoms with Crippen LogP contribution in [0.25, 0.3) is 0 Å². The highest BCUT2D eigenvalue weighted by molar-refractivity contribution is 7.99. The summed E-state index contributed by atoms with van der Waals surface area (Å²) in [4.78, 5) is 4.26. The molecule has 1 aromatic heterocycles. The van der Waals surface area contributed by atoms with Crippen molar-refractivity contribution in [1.82, 2.24) is 10.1 Å².